The van der Waals surface area contributed by atoms with Crippen molar-refractivity contribution in [2.24, 2.45) is 5.41 Å². The molecule has 2 aliphatic heterocycles. The smallest absolute Gasteiger partial charge is 0.307 e. The molecule has 0 aromatic heterocycles. The van der Waals surface area contributed by atoms with Crippen LogP contribution in [0.25, 0.3) is 0 Å². The molecular weight excluding hydrogens is 578 g/mol. The maximum absolute atomic E-state index is 14.4. The third-order valence-electron chi connectivity index (χ3n) is 8.41. The fourth-order valence-corrected chi connectivity index (χ4v) is 10.4. The molecule has 2 aliphatic rings. The van der Waals surface area contributed by atoms with Gasteiger partial charge in [0.15, 0.2) is 0 Å². The van der Waals surface area contributed by atoms with Gasteiger partial charge in [-0.15, -0.1) is 0 Å². The van der Waals surface area contributed by atoms with Crippen molar-refractivity contribution >= 4 is 15.2 Å². The Balaban J connectivity index is 1.23. The van der Waals surface area contributed by atoms with E-state index in [1.165, 1.54) is 0 Å². The van der Waals surface area contributed by atoms with E-state index in [9.17, 15) is 9.13 Å². The predicted molar refractivity (Wildman–Crippen MR) is 170 cm³/mol. The summed E-state index contributed by atoms with van der Waals surface area (Å²) in [5, 5.41) is 0. The van der Waals surface area contributed by atoms with Gasteiger partial charge in [0, 0.05) is 0 Å². The quantitative estimate of drug-likeness (QED) is 0.201. The second-order valence-corrected chi connectivity index (χ2v) is 16.3. The van der Waals surface area contributed by atoms with E-state index in [2.05, 4.69) is 0 Å². The van der Waals surface area contributed by atoms with Crippen molar-refractivity contribution in [2.75, 3.05) is 26.4 Å². The Hall–Kier alpha value is -2.82. The SMILES string of the molecule is Cc1ccc(C(c2ccc(C)cc2)P2(=O)OCC3(CO2)COP(=O)(C(c2ccc(C)cc2)c2ccc(C)cc2)OC3)cc1. The van der Waals surface area contributed by atoms with Crippen molar-refractivity contribution in [3.8, 4) is 0 Å². The zero-order chi connectivity index (χ0) is 30.2. The fourth-order valence-electron chi connectivity index (χ4n) is 5.64. The monoisotopic (exact) mass is 616 g/mol. The van der Waals surface area contributed by atoms with Crippen LogP contribution in [0.5, 0.6) is 0 Å². The van der Waals surface area contributed by atoms with Crippen molar-refractivity contribution in [3.05, 3.63) is 142 Å². The minimum absolute atomic E-state index is 0.109. The summed E-state index contributed by atoms with van der Waals surface area (Å²) in [4.78, 5) is 0. The van der Waals surface area contributed by atoms with Crippen molar-refractivity contribution in [2.45, 2.75) is 39.0 Å². The number of rotatable bonds is 6. The van der Waals surface area contributed by atoms with Gasteiger partial charge >= 0.3 is 15.2 Å². The van der Waals surface area contributed by atoms with Crippen LogP contribution < -0.4 is 0 Å². The van der Waals surface area contributed by atoms with Gasteiger partial charge < -0.3 is 18.1 Å². The second-order valence-electron chi connectivity index (χ2n) is 12.1. The highest BCUT2D eigenvalue weighted by Gasteiger charge is 2.53. The summed E-state index contributed by atoms with van der Waals surface area (Å²) in [7, 11) is -7.25. The van der Waals surface area contributed by atoms with E-state index in [0.717, 1.165) is 44.5 Å². The Bertz CT molecular complexity index is 1420. The molecule has 0 N–H and O–H groups in total. The molecule has 224 valence electrons. The predicted octanol–water partition coefficient (Wildman–Crippen LogP) is 9.27. The average molecular weight is 617 g/mol. The van der Waals surface area contributed by atoms with E-state index in [-0.39, 0.29) is 26.4 Å². The molecule has 6 rings (SSSR count). The molecule has 2 heterocycles. The van der Waals surface area contributed by atoms with Crippen LogP contribution >= 0.6 is 15.2 Å². The van der Waals surface area contributed by atoms with Gasteiger partial charge in [0.1, 0.15) is 11.3 Å². The minimum atomic E-state index is -3.63. The molecule has 43 heavy (non-hydrogen) atoms. The molecule has 4 aromatic carbocycles. The lowest BCUT2D eigenvalue weighted by Crippen LogP contribution is -2.46. The van der Waals surface area contributed by atoms with E-state index in [1.54, 1.807) is 0 Å². The Labute approximate surface area is 254 Å². The Morgan fingerprint density at radius 1 is 0.442 bits per heavy atom. The molecule has 0 radical (unpaired) electrons. The van der Waals surface area contributed by atoms with Crippen LogP contribution in [0.1, 0.15) is 55.8 Å². The van der Waals surface area contributed by atoms with Crippen molar-refractivity contribution in [1.82, 2.24) is 0 Å². The summed E-state index contributed by atoms with van der Waals surface area (Å²) >= 11 is 0. The molecule has 0 unspecified atom stereocenters. The lowest BCUT2D eigenvalue weighted by atomic mass is 9.93. The lowest BCUT2D eigenvalue weighted by molar-refractivity contribution is -0.0703. The van der Waals surface area contributed by atoms with Crippen molar-refractivity contribution in [1.29, 1.82) is 0 Å². The van der Waals surface area contributed by atoms with E-state index < -0.39 is 31.9 Å². The van der Waals surface area contributed by atoms with Crippen molar-refractivity contribution in [3.63, 3.8) is 0 Å². The van der Waals surface area contributed by atoms with Crippen LogP contribution in [0.4, 0.5) is 0 Å². The van der Waals surface area contributed by atoms with E-state index >= 15 is 0 Å². The molecule has 1 spiro atoms. The summed E-state index contributed by atoms with van der Waals surface area (Å²) < 4.78 is 53.6. The largest absolute Gasteiger partial charge is 0.342 e. The first-order chi connectivity index (χ1) is 20.6. The minimum Gasteiger partial charge on any atom is -0.307 e. The van der Waals surface area contributed by atoms with Gasteiger partial charge in [0.05, 0.1) is 31.8 Å². The lowest BCUT2D eigenvalue weighted by Gasteiger charge is -2.45. The first-order valence-electron chi connectivity index (χ1n) is 14.6. The third kappa shape index (κ3) is 6.24. The number of hydrogen-bond donors (Lipinski definition) is 0. The molecule has 6 nitrogen and oxygen atoms in total. The highest BCUT2D eigenvalue weighted by atomic mass is 31.2. The van der Waals surface area contributed by atoms with Crippen LogP contribution in [0.3, 0.4) is 0 Å². The highest BCUT2D eigenvalue weighted by molar-refractivity contribution is 7.55. The van der Waals surface area contributed by atoms with E-state index in [0.29, 0.717) is 0 Å². The summed E-state index contributed by atoms with van der Waals surface area (Å²) in [6.45, 7) is 8.53. The third-order valence-corrected chi connectivity index (χ3v) is 12.8. The normalized spacial score (nSPS) is 25.8. The molecule has 2 fully saturated rings. The molecule has 0 aliphatic carbocycles. The van der Waals surface area contributed by atoms with E-state index in [4.69, 9.17) is 18.1 Å². The molecular formula is C35H38O6P2. The highest BCUT2D eigenvalue weighted by Crippen LogP contribution is 2.70. The molecule has 0 bridgehead atoms. The number of hydrogen-bond acceptors (Lipinski definition) is 6. The summed E-state index contributed by atoms with van der Waals surface area (Å²) in [5.41, 5.74) is 6.06. The van der Waals surface area contributed by atoms with Crippen LogP contribution in [0.15, 0.2) is 97.1 Å². The zero-order valence-electron chi connectivity index (χ0n) is 25.1. The number of aryl methyl sites for hydroxylation is 4. The molecule has 0 atom stereocenters. The van der Waals surface area contributed by atoms with Gasteiger partial charge in [-0.3, -0.25) is 9.13 Å². The Morgan fingerprint density at radius 3 is 0.860 bits per heavy atom. The van der Waals surface area contributed by atoms with Gasteiger partial charge in [0.25, 0.3) is 0 Å². The standard InChI is InChI=1S/C35H38O6P2/c1-25-5-13-29(14-6-25)33(30-15-7-26(2)8-16-30)42(36)38-21-35(22-39-42)23-40-43(37,41-24-35)34(31-17-9-27(3)10-18-31)32-19-11-28(4)12-20-32/h5-20,33-34H,21-24H2,1-4H3. The van der Waals surface area contributed by atoms with Crippen LogP contribution in [0, 0.1) is 33.1 Å². The maximum Gasteiger partial charge on any atom is 0.342 e. The number of benzene rings is 4. The van der Waals surface area contributed by atoms with Crippen molar-refractivity contribution < 1.29 is 27.2 Å². The van der Waals surface area contributed by atoms with Crippen LogP contribution in [0.2, 0.25) is 0 Å². The van der Waals surface area contributed by atoms with Crippen LogP contribution in [-0.4, -0.2) is 26.4 Å². The average Bonchev–Trinajstić information content (AvgIpc) is 3.01. The first-order valence-corrected chi connectivity index (χ1v) is 17.8. The Morgan fingerprint density at radius 2 is 0.651 bits per heavy atom. The first kappa shape index (κ1) is 30.2. The molecule has 0 saturated carbocycles. The van der Waals surface area contributed by atoms with Gasteiger partial charge in [-0.05, 0) is 49.9 Å². The summed E-state index contributed by atoms with van der Waals surface area (Å²) in [5.74, 6) is 0. The topological polar surface area (TPSA) is 71.1 Å². The van der Waals surface area contributed by atoms with E-state index in [1.807, 2.05) is 125 Å². The maximum atomic E-state index is 14.4. The van der Waals surface area contributed by atoms with Crippen LogP contribution in [-0.2, 0) is 27.2 Å². The van der Waals surface area contributed by atoms with Gasteiger partial charge in [-0.25, -0.2) is 0 Å². The fraction of sp³-hybridized carbons (Fsp3) is 0.314. The Kier molecular flexibility index (Phi) is 8.39. The van der Waals surface area contributed by atoms with Gasteiger partial charge in [-0.2, -0.15) is 0 Å². The molecule has 2 saturated heterocycles. The van der Waals surface area contributed by atoms with Gasteiger partial charge in [0.2, 0.25) is 0 Å². The summed E-state index contributed by atoms with van der Waals surface area (Å²) in [6, 6.07) is 31.9. The van der Waals surface area contributed by atoms with Gasteiger partial charge in [-0.1, -0.05) is 119 Å². The molecule has 4 aromatic rings. The zero-order valence-corrected chi connectivity index (χ0v) is 26.9. The summed E-state index contributed by atoms with van der Waals surface area (Å²) in [6.07, 6.45) is 0. The molecule has 0 amide bonds. The molecule has 8 heteroatoms. The second kappa shape index (κ2) is 11.9.